The van der Waals surface area contributed by atoms with Gasteiger partial charge in [0, 0.05) is 55.7 Å². The van der Waals surface area contributed by atoms with Crippen LogP contribution in [0.2, 0.25) is 0 Å². The molecule has 2 aliphatic heterocycles. The monoisotopic (exact) mass is 557 g/mol. The number of rotatable bonds is 8. The molecule has 2 aliphatic rings. The Kier molecular flexibility index (Phi) is 7.60. The van der Waals surface area contributed by atoms with Gasteiger partial charge in [-0.25, -0.2) is 27.8 Å². The summed E-state index contributed by atoms with van der Waals surface area (Å²) in [7, 11) is -1.50. The first kappa shape index (κ1) is 27.4. The van der Waals surface area contributed by atoms with Crippen LogP contribution in [0.1, 0.15) is 38.7 Å². The maximum Gasteiger partial charge on any atom is 0.233 e. The van der Waals surface area contributed by atoms with Crippen molar-refractivity contribution in [2.75, 3.05) is 53.9 Å². The molecular weight excluding hydrogens is 521 g/mol. The van der Waals surface area contributed by atoms with Gasteiger partial charge in [0.2, 0.25) is 11.9 Å². The zero-order valence-corrected chi connectivity index (χ0v) is 23.8. The molecular formula is C27H36FN7O3S. The summed E-state index contributed by atoms with van der Waals surface area (Å²) in [6, 6.07) is 6.37. The zero-order chi connectivity index (χ0) is 27.9. The summed E-state index contributed by atoms with van der Waals surface area (Å²) in [5, 5.41) is 5.27. The molecule has 4 atom stereocenters. The van der Waals surface area contributed by atoms with Crippen LogP contribution in [-0.2, 0) is 14.6 Å². The van der Waals surface area contributed by atoms with Crippen LogP contribution in [0.25, 0.3) is 10.8 Å². The molecule has 0 unspecified atom stereocenters. The van der Waals surface area contributed by atoms with Crippen molar-refractivity contribution < 1.29 is 17.5 Å². The number of anilines is 4. The zero-order valence-electron chi connectivity index (χ0n) is 23.0. The third kappa shape index (κ3) is 5.76. The molecule has 3 aromatic rings. The van der Waals surface area contributed by atoms with Crippen molar-refractivity contribution in [3.63, 3.8) is 0 Å². The Hall–Kier alpha value is -3.12. The van der Waals surface area contributed by atoms with Crippen molar-refractivity contribution in [2.45, 2.75) is 51.4 Å². The van der Waals surface area contributed by atoms with Crippen LogP contribution in [-0.4, -0.2) is 85.4 Å². The molecule has 10 nitrogen and oxygen atoms in total. The lowest BCUT2D eigenvalue weighted by Crippen LogP contribution is -2.57. The minimum atomic E-state index is -3.03. The highest BCUT2D eigenvalue weighted by Gasteiger charge is 2.38. The van der Waals surface area contributed by atoms with Gasteiger partial charge < -0.3 is 19.9 Å². The van der Waals surface area contributed by atoms with Gasteiger partial charge in [-0.05, 0) is 42.3 Å². The van der Waals surface area contributed by atoms with E-state index >= 15 is 0 Å². The highest BCUT2D eigenvalue weighted by atomic mass is 32.2. The van der Waals surface area contributed by atoms with Crippen molar-refractivity contribution in [1.82, 2.24) is 19.9 Å². The van der Waals surface area contributed by atoms with E-state index in [1.54, 1.807) is 4.90 Å². The topological polar surface area (TPSA) is 113 Å². The average molecular weight is 558 g/mol. The van der Waals surface area contributed by atoms with Gasteiger partial charge >= 0.3 is 0 Å². The first-order valence-corrected chi connectivity index (χ1v) is 15.3. The summed E-state index contributed by atoms with van der Waals surface area (Å²) in [6.07, 6.45) is 3.59. The summed E-state index contributed by atoms with van der Waals surface area (Å²) >= 11 is 0. The molecule has 210 valence electrons. The van der Waals surface area contributed by atoms with Gasteiger partial charge in [0.05, 0.1) is 18.4 Å². The summed E-state index contributed by atoms with van der Waals surface area (Å²) < 4.78 is 43.3. The van der Waals surface area contributed by atoms with E-state index < -0.39 is 22.1 Å². The van der Waals surface area contributed by atoms with E-state index in [0.29, 0.717) is 37.2 Å². The van der Waals surface area contributed by atoms with Crippen LogP contribution < -0.4 is 15.1 Å². The molecule has 0 saturated carbocycles. The SMILES string of the molecule is CO[C@@H]1CCN(c2ncnc(Nc3cc4c(C(C)C)ccc(N5C[C@H](CS(C)(=O)=O)[C@H]5C)c4cn3)n2)C[C@@H]1F. The highest BCUT2D eigenvalue weighted by Crippen LogP contribution is 2.39. The highest BCUT2D eigenvalue weighted by molar-refractivity contribution is 7.90. The number of sulfone groups is 1. The Morgan fingerprint density at radius 1 is 1.18 bits per heavy atom. The van der Waals surface area contributed by atoms with Crippen LogP contribution in [0.15, 0.2) is 30.7 Å². The number of methoxy groups -OCH3 is 1. The molecule has 0 bridgehead atoms. The second-order valence-electron chi connectivity index (χ2n) is 10.9. The fraction of sp³-hybridized carbons (Fsp3) is 0.556. The number of piperidine rings is 1. The molecule has 2 aromatic heterocycles. The molecule has 2 saturated heterocycles. The largest absolute Gasteiger partial charge is 0.378 e. The maximum atomic E-state index is 14.4. The number of nitrogens with zero attached hydrogens (tertiary/aromatic N) is 6. The predicted octanol–water partition coefficient (Wildman–Crippen LogP) is 3.72. The lowest BCUT2D eigenvalue weighted by Gasteiger charge is -2.48. The standard InChI is InChI=1S/C27H36FN7O3S/c1-16(2)19-6-7-23(35-12-18(17(35)3)14-39(5,36)37)21-11-29-25(10-20(19)21)32-26-30-15-31-27(33-26)34-9-8-24(38-4)22(28)13-34/h6-7,10-11,15-18,22,24H,8-9,12-14H2,1-5H3,(H,29,30,31,32,33)/t17-,18-,22+,24-/m1/s1. The average Bonchev–Trinajstić information content (AvgIpc) is 2.89. The van der Waals surface area contributed by atoms with Crippen molar-refractivity contribution in [2.24, 2.45) is 5.92 Å². The first-order valence-electron chi connectivity index (χ1n) is 13.3. The third-order valence-electron chi connectivity index (χ3n) is 7.83. The van der Waals surface area contributed by atoms with Gasteiger partial charge in [0.1, 0.15) is 28.2 Å². The van der Waals surface area contributed by atoms with Gasteiger partial charge in [0.15, 0.2) is 0 Å². The van der Waals surface area contributed by atoms with E-state index in [9.17, 15) is 12.8 Å². The molecule has 5 rings (SSSR count). The van der Waals surface area contributed by atoms with E-state index in [-0.39, 0.29) is 30.2 Å². The number of hydrogen-bond donors (Lipinski definition) is 1. The van der Waals surface area contributed by atoms with Crippen LogP contribution >= 0.6 is 0 Å². The Bertz CT molecular complexity index is 1450. The Morgan fingerprint density at radius 2 is 1.97 bits per heavy atom. The van der Waals surface area contributed by atoms with Crippen molar-refractivity contribution in [3.8, 4) is 0 Å². The van der Waals surface area contributed by atoms with E-state index in [0.717, 1.165) is 16.5 Å². The summed E-state index contributed by atoms with van der Waals surface area (Å²) in [5.41, 5.74) is 2.24. The second-order valence-corrected chi connectivity index (χ2v) is 13.1. The van der Waals surface area contributed by atoms with Crippen LogP contribution in [0.3, 0.4) is 0 Å². The number of benzene rings is 1. The number of aromatic nitrogens is 4. The number of nitrogens with one attached hydrogen (secondary N) is 1. The van der Waals surface area contributed by atoms with Gasteiger partial charge in [-0.3, -0.25) is 0 Å². The Balaban J connectivity index is 1.40. The summed E-state index contributed by atoms with van der Waals surface area (Å²) in [6.45, 7) is 7.83. The molecule has 4 heterocycles. The molecule has 0 amide bonds. The lowest BCUT2D eigenvalue weighted by atomic mass is 9.88. The van der Waals surface area contributed by atoms with Gasteiger partial charge in [-0.2, -0.15) is 4.98 Å². The number of ether oxygens (including phenoxy) is 1. The molecule has 0 aliphatic carbocycles. The van der Waals surface area contributed by atoms with Crippen molar-refractivity contribution in [3.05, 3.63) is 36.3 Å². The van der Waals surface area contributed by atoms with E-state index in [1.807, 2.05) is 12.3 Å². The second kappa shape index (κ2) is 10.8. The molecule has 2 fully saturated rings. The molecule has 12 heteroatoms. The number of alkyl halides is 1. The fourth-order valence-electron chi connectivity index (χ4n) is 5.60. The molecule has 39 heavy (non-hydrogen) atoms. The van der Waals surface area contributed by atoms with E-state index in [1.165, 1.54) is 25.3 Å². The smallest absolute Gasteiger partial charge is 0.233 e. The minimum Gasteiger partial charge on any atom is -0.378 e. The summed E-state index contributed by atoms with van der Waals surface area (Å²) in [4.78, 5) is 21.7. The number of fused-ring (bicyclic) bond motifs is 1. The number of hydrogen-bond acceptors (Lipinski definition) is 10. The van der Waals surface area contributed by atoms with Gasteiger partial charge in [-0.1, -0.05) is 19.9 Å². The molecule has 1 N–H and O–H groups in total. The predicted molar refractivity (Wildman–Crippen MR) is 151 cm³/mol. The lowest BCUT2D eigenvalue weighted by molar-refractivity contribution is 0.0194. The summed E-state index contributed by atoms with van der Waals surface area (Å²) in [5.74, 6) is 1.93. The first-order chi connectivity index (χ1) is 18.5. The molecule has 0 spiro atoms. The van der Waals surface area contributed by atoms with Crippen LogP contribution in [0.5, 0.6) is 0 Å². The quantitative estimate of drug-likeness (QED) is 0.440. The Labute approximate surface area is 228 Å². The van der Waals surface area contributed by atoms with E-state index in [2.05, 4.69) is 63.1 Å². The minimum absolute atomic E-state index is 0.111. The molecule has 1 aromatic carbocycles. The van der Waals surface area contributed by atoms with Gasteiger partial charge in [0.25, 0.3) is 0 Å². The van der Waals surface area contributed by atoms with Crippen LogP contribution in [0.4, 0.5) is 27.8 Å². The van der Waals surface area contributed by atoms with Crippen molar-refractivity contribution in [1.29, 1.82) is 0 Å². The number of pyridine rings is 1. The van der Waals surface area contributed by atoms with Crippen molar-refractivity contribution >= 4 is 44.0 Å². The fourth-order valence-corrected chi connectivity index (χ4v) is 6.76. The third-order valence-corrected chi connectivity index (χ3v) is 8.86. The normalized spacial score (nSPS) is 23.8. The molecule has 0 radical (unpaired) electrons. The van der Waals surface area contributed by atoms with E-state index in [4.69, 9.17) is 4.74 Å². The van der Waals surface area contributed by atoms with Gasteiger partial charge in [-0.15, -0.1) is 0 Å². The number of halogens is 1. The Morgan fingerprint density at radius 3 is 2.64 bits per heavy atom. The maximum absolute atomic E-state index is 14.4. The van der Waals surface area contributed by atoms with Crippen LogP contribution in [0, 0.1) is 5.92 Å².